The Morgan fingerprint density at radius 2 is 2.12 bits per heavy atom. The molecule has 0 amide bonds. The van der Waals surface area contributed by atoms with Gasteiger partial charge in [-0.05, 0) is 54.8 Å². The van der Waals surface area contributed by atoms with Gasteiger partial charge in [-0.1, -0.05) is 12.1 Å². The second-order valence-corrected chi connectivity index (χ2v) is 5.78. The Kier molecular flexibility index (Phi) is 3.55. The van der Waals surface area contributed by atoms with Crippen molar-refractivity contribution in [2.45, 2.75) is 38.3 Å². The molecule has 1 aromatic rings. The molecule has 1 heterocycles. The molecule has 88 valence electrons. The summed E-state index contributed by atoms with van der Waals surface area (Å²) in [6.45, 7) is 5.15. The Balaban J connectivity index is 2.02. The summed E-state index contributed by atoms with van der Waals surface area (Å²) in [4.78, 5) is 0. The van der Waals surface area contributed by atoms with Gasteiger partial charge in [-0.2, -0.15) is 0 Å². The minimum Gasteiger partial charge on any atom is -0.381 e. The first kappa shape index (κ1) is 11.9. The molecule has 0 spiro atoms. The molecule has 0 radical (unpaired) electrons. The molecule has 1 aliphatic heterocycles. The molecular weight excluding hydrogens is 266 g/mol. The highest BCUT2D eigenvalue weighted by atomic mass is 79.9. The lowest BCUT2D eigenvalue weighted by Gasteiger charge is -2.36. The lowest BCUT2D eigenvalue weighted by atomic mass is 9.94. The largest absolute Gasteiger partial charge is 0.381 e. The van der Waals surface area contributed by atoms with Crippen LogP contribution in [0.2, 0.25) is 0 Å². The first-order valence-electron chi connectivity index (χ1n) is 5.72. The summed E-state index contributed by atoms with van der Waals surface area (Å²) in [6.07, 6.45) is 2.12. The van der Waals surface area contributed by atoms with Crippen molar-refractivity contribution < 1.29 is 4.74 Å². The standard InChI is InChI=1S/C13H18BrNO/c1-13(2)9-10(7-8-16-13)15-12-6-4-3-5-11(12)14/h3-6,10,15H,7-9H2,1-2H3. The fourth-order valence-electron chi connectivity index (χ4n) is 2.15. The molecule has 0 aromatic heterocycles. The highest BCUT2D eigenvalue weighted by Crippen LogP contribution is 2.29. The smallest absolute Gasteiger partial charge is 0.0646 e. The van der Waals surface area contributed by atoms with E-state index < -0.39 is 0 Å². The van der Waals surface area contributed by atoms with E-state index in [1.807, 2.05) is 6.07 Å². The molecule has 1 atom stereocenters. The van der Waals surface area contributed by atoms with Crippen LogP contribution in [-0.4, -0.2) is 18.2 Å². The predicted molar refractivity (Wildman–Crippen MR) is 70.8 cm³/mol. The van der Waals surface area contributed by atoms with E-state index in [2.05, 4.69) is 53.3 Å². The molecule has 0 aliphatic carbocycles. The average molecular weight is 284 g/mol. The van der Waals surface area contributed by atoms with E-state index in [1.54, 1.807) is 0 Å². The Hall–Kier alpha value is -0.540. The number of benzene rings is 1. The van der Waals surface area contributed by atoms with Crippen LogP contribution in [0.25, 0.3) is 0 Å². The first-order valence-corrected chi connectivity index (χ1v) is 6.51. The first-order chi connectivity index (χ1) is 7.57. The van der Waals surface area contributed by atoms with Crippen molar-refractivity contribution in [3.05, 3.63) is 28.7 Å². The zero-order chi connectivity index (χ0) is 11.6. The summed E-state index contributed by atoms with van der Waals surface area (Å²) in [5, 5.41) is 3.58. The third-order valence-corrected chi connectivity index (χ3v) is 3.62. The van der Waals surface area contributed by atoms with E-state index >= 15 is 0 Å². The van der Waals surface area contributed by atoms with Crippen molar-refractivity contribution in [3.63, 3.8) is 0 Å². The Morgan fingerprint density at radius 3 is 2.81 bits per heavy atom. The van der Waals surface area contributed by atoms with Crippen molar-refractivity contribution in [3.8, 4) is 0 Å². The maximum Gasteiger partial charge on any atom is 0.0646 e. The van der Waals surface area contributed by atoms with Crippen LogP contribution < -0.4 is 5.32 Å². The van der Waals surface area contributed by atoms with E-state index in [9.17, 15) is 0 Å². The van der Waals surface area contributed by atoms with Crippen molar-refractivity contribution >= 4 is 21.6 Å². The number of hydrogen-bond donors (Lipinski definition) is 1. The summed E-state index contributed by atoms with van der Waals surface area (Å²) in [5.41, 5.74) is 1.17. The van der Waals surface area contributed by atoms with Crippen LogP contribution in [0.4, 0.5) is 5.69 Å². The van der Waals surface area contributed by atoms with E-state index in [0.29, 0.717) is 6.04 Å². The topological polar surface area (TPSA) is 21.3 Å². The fourth-order valence-corrected chi connectivity index (χ4v) is 2.55. The van der Waals surface area contributed by atoms with Crippen LogP contribution in [0.3, 0.4) is 0 Å². The zero-order valence-corrected chi connectivity index (χ0v) is 11.4. The molecular formula is C13H18BrNO. The van der Waals surface area contributed by atoms with Gasteiger partial charge in [0.1, 0.15) is 0 Å². The third-order valence-electron chi connectivity index (χ3n) is 2.93. The van der Waals surface area contributed by atoms with E-state index in [4.69, 9.17) is 4.74 Å². The van der Waals surface area contributed by atoms with Crippen molar-refractivity contribution in [2.24, 2.45) is 0 Å². The molecule has 1 unspecified atom stereocenters. The van der Waals surface area contributed by atoms with Gasteiger partial charge in [0.05, 0.1) is 5.60 Å². The Morgan fingerprint density at radius 1 is 1.38 bits per heavy atom. The molecule has 1 saturated heterocycles. The monoisotopic (exact) mass is 283 g/mol. The van der Waals surface area contributed by atoms with E-state index in [1.165, 1.54) is 5.69 Å². The van der Waals surface area contributed by atoms with E-state index in [-0.39, 0.29) is 5.60 Å². The van der Waals surface area contributed by atoms with Gasteiger partial charge in [0.25, 0.3) is 0 Å². The Bertz CT molecular complexity index is 365. The summed E-state index contributed by atoms with van der Waals surface area (Å²) in [6, 6.07) is 8.75. The predicted octanol–water partition coefficient (Wildman–Crippen LogP) is 3.82. The number of rotatable bonds is 2. The van der Waals surface area contributed by atoms with Crippen LogP contribution >= 0.6 is 15.9 Å². The number of halogens is 1. The Labute approximate surface area is 106 Å². The van der Waals surface area contributed by atoms with Crippen LogP contribution in [0.1, 0.15) is 26.7 Å². The van der Waals surface area contributed by atoms with E-state index in [0.717, 1.165) is 23.9 Å². The highest BCUT2D eigenvalue weighted by Gasteiger charge is 2.28. The minimum atomic E-state index is -0.00280. The highest BCUT2D eigenvalue weighted by molar-refractivity contribution is 9.10. The lowest BCUT2D eigenvalue weighted by molar-refractivity contribution is -0.0553. The van der Waals surface area contributed by atoms with Gasteiger partial charge < -0.3 is 10.1 Å². The average Bonchev–Trinajstić information content (AvgIpc) is 2.20. The molecule has 2 rings (SSSR count). The fraction of sp³-hybridized carbons (Fsp3) is 0.538. The molecule has 1 N–H and O–H groups in total. The molecule has 16 heavy (non-hydrogen) atoms. The van der Waals surface area contributed by atoms with Gasteiger partial charge in [0, 0.05) is 22.8 Å². The number of para-hydroxylation sites is 1. The molecule has 1 aromatic carbocycles. The maximum atomic E-state index is 5.71. The number of ether oxygens (including phenoxy) is 1. The SMILES string of the molecule is CC1(C)CC(Nc2ccccc2Br)CCO1. The summed E-state index contributed by atoms with van der Waals surface area (Å²) < 4.78 is 6.84. The van der Waals surface area contributed by atoms with Crippen LogP contribution in [0, 0.1) is 0 Å². The van der Waals surface area contributed by atoms with Crippen LogP contribution in [-0.2, 0) is 4.74 Å². The zero-order valence-electron chi connectivity index (χ0n) is 9.79. The van der Waals surface area contributed by atoms with Crippen molar-refractivity contribution in [1.29, 1.82) is 0 Å². The van der Waals surface area contributed by atoms with Gasteiger partial charge in [-0.25, -0.2) is 0 Å². The molecule has 0 bridgehead atoms. The van der Waals surface area contributed by atoms with Crippen LogP contribution in [0.5, 0.6) is 0 Å². The lowest BCUT2D eigenvalue weighted by Crippen LogP contribution is -2.40. The second kappa shape index (κ2) is 4.76. The van der Waals surface area contributed by atoms with Crippen molar-refractivity contribution in [2.75, 3.05) is 11.9 Å². The van der Waals surface area contributed by atoms with Gasteiger partial charge in [0.15, 0.2) is 0 Å². The molecule has 2 nitrogen and oxygen atoms in total. The van der Waals surface area contributed by atoms with Crippen molar-refractivity contribution in [1.82, 2.24) is 0 Å². The third kappa shape index (κ3) is 2.98. The summed E-state index contributed by atoms with van der Waals surface area (Å²) in [5.74, 6) is 0. The molecule has 1 fully saturated rings. The van der Waals surface area contributed by atoms with Gasteiger partial charge in [-0.15, -0.1) is 0 Å². The second-order valence-electron chi connectivity index (χ2n) is 4.92. The van der Waals surface area contributed by atoms with Crippen LogP contribution in [0.15, 0.2) is 28.7 Å². The van der Waals surface area contributed by atoms with Gasteiger partial charge in [-0.3, -0.25) is 0 Å². The molecule has 0 saturated carbocycles. The van der Waals surface area contributed by atoms with Gasteiger partial charge in [0.2, 0.25) is 0 Å². The minimum absolute atomic E-state index is 0.00280. The molecule has 1 aliphatic rings. The van der Waals surface area contributed by atoms with Gasteiger partial charge >= 0.3 is 0 Å². The molecule has 3 heteroatoms. The quantitative estimate of drug-likeness (QED) is 0.891. The summed E-state index contributed by atoms with van der Waals surface area (Å²) in [7, 11) is 0. The normalized spacial score (nSPS) is 24.1. The number of nitrogens with one attached hydrogen (secondary N) is 1. The summed E-state index contributed by atoms with van der Waals surface area (Å²) >= 11 is 3.56. The number of anilines is 1. The maximum absolute atomic E-state index is 5.71. The number of hydrogen-bond acceptors (Lipinski definition) is 2.